The van der Waals surface area contributed by atoms with Crippen molar-refractivity contribution in [2.45, 2.75) is 42.4 Å². The lowest BCUT2D eigenvalue weighted by molar-refractivity contribution is 0.193. The molecule has 0 aliphatic carbocycles. The van der Waals surface area contributed by atoms with E-state index in [1.807, 2.05) is 49.4 Å². The molecule has 0 fully saturated rings. The topological polar surface area (TPSA) is 20.2 Å². The van der Waals surface area contributed by atoms with Gasteiger partial charge in [-0.25, -0.2) is 0 Å². The fraction of sp³-hybridized carbons (Fsp3) is 0.0769. The minimum Gasteiger partial charge on any atom is -0.389 e. The normalized spacial score (nSPS) is 11.9. The lowest BCUT2D eigenvalue weighted by atomic mass is 10.1. The van der Waals surface area contributed by atoms with Gasteiger partial charge in [0.05, 0.1) is 6.10 Å². The molecule has 0 aliphatic rings. The van der Waals surface area contributed by atoms with Crippen molar-refractivity contribution in [2.24, 2.45) is 0 Å². The molecule has 0 heterocycles. The Hall–Kier alpha value is -2.11. The van der Waals surface area contributed by atoms with E-state index in [-0.39, 0.29) is 0 Å². The molecule has 0 spiro atoms. The van der Waals surface area contributed by atoms with Gasteiger partial charge in [-0.3, -0.25) is 0 Å². The first-order chi connectivity index (χ1) is 14.7. The second-order valence-corrected chi connectivity index (χ2v) is 10.1. The molecule has 1 nitrogen and oxygen atoms in total. The highest BCUT2D eigenvalue weighted by atomic mass is 32.2. The summed E-state index contributed by atoms with van der Waals surface area (Å²) in [6.07, 6.45) is -0.557. The quantitative estimate of drug-likeness (QED) is 0.308. The van der Waals surface area contributed by atoms with Crippen molar-refractivity contribution < 1.29 is 5.11 Å². The van der Waals surface area contributed by atoms with E-state index in [1.54, 1.807) is 35.3 Å². The largest absolute Gasteiger partial charge is 0.389 e. The van der Waals surface area contributed by atoms with Gasteiger partial charge in [-0.1, -0.05) is 89.9 Å². The highest BCUT2D eigenvalue weighted by Crippen LogP contribution is 2.44. The van der Waals surface area contributed by atoms with Crippen molar-refractivity contribution in [3.8, 4) is 0 Å². The molecule has 0 aliphatic heterocycles. The maximum absolute atomic E-state index is 10.7. The van der Waals surface area contributed by atoms with E-state index in [1.165, 1.54) is 9.79 Å². The van der Waals surface area contributed by atoms with Crippen LogP contribution in [-0.2, 0) is 0 Å². The number of benzene rings is 4. The van der Waals surface area contributed by atoms with Gasteiger partial charge < -0.3 is 5.11 Å². The monoisotopic (exact) mass is 446 g/mol. The molecule has 0 saturated heterocycles. The molecule has 0 bridgehead atoms. The number of aliphatic hydroxyl groups is 1. The number of hydrogen-bond acceptors (Lipinski definition) is 4. The van der Waals surface area contributed by atoms with Gasteiger partial charge in [0, 0.05) is 34.9 Å². The fourth-order valence-corrected chi connectivity index (χ4v) is 6.45. The van der Waals surface area contributed by atoms with Crippen LogP contribution in [0, 0.1) is 0 Å². The van der Waals surface area contributed by atoms with Crippen LogP contribution in [-0.4, -0.2) is 5.11 Å². The molecule has 0 saturated carbocycles. The van der Waals surface area contributed by atoms with Crippen LogP contribution in [0.1, 0.15) is 18.6 Å². The highest BCUT2D eigenvalue weighted by molar-refractivity contribution is 8.01. The molecule has 4 rings (SSSR count). The molecule has 0 aromatic heterocycles. The third-order valence-corrected chi connectivity index (χ3v) is 7.53. The molecule has 1 N–H and O–H groups in total. The van der Waals surface area contributed by atoms with Crippen LogP contribution in [0.25, 0.3) is 0 Å². The molecule has 30 heavy (non-hydrogen) atoms. The van der Waals surface area contributed by atoms with Crippen LogP contribution in [0.5, 0.6) is 0 Å². The summed E-state index contributed by atoms with van der Waals surface area (Å²) in [4.78, 5) is 6.89. The minimum atomic E-state index is -0.557. The summed E-state index contributed by atoms with van der Waals surface area (Å²) in [5.74, 6) is 0. The predicted molar refractivity (Wildman–Crippen MR) is 129 cm³/mol. The van der Waals surface area contributed by atoms with Crippen molar-refractivity contribution in [1.82, 2.24) is 0 Å². The van der Waals surface area contributed by atoms with E-state index in [2.05, 4.69) is 60.7 Å². The van der Waals surface area contributed by atoms with Gasteiger partial charge in [-0.05, 0) is 55.5 Å². The third-order valence-electron chi connectivity index (χ3n) is 4.42. The van der Waals surface area contributed by atoms with Crippen LogP contribution < -0.4 is 0 Å². The summed E-state index contributed by atoms with van der Waals surface area (Å²) >= 11 is 5.16. The average molecular weight is 447 g/mol. The molecule has 4 aromatic rings. The second-order valence-electron chi connectivity index (χ2n) is 6.75. The van der Waals surface area contributed by atoms with Crippen molar-refractivity contribution in [2.75, 3.05) is 0 Å². The van der Waals surface area contributed by atoms with Crippen molar-refractivity contribution in [3.63, 3.8) is 0 Å². The van der Waals surface area contributed by atoms with Crippen molar-refractivity contribution in [3.05, 3.63) is 109 Å². The standard InChI is InChI=1S/C26H22OS3/c1-19(27)26-24(29-21-13-7-3-8-14-21)17-23(28-20-11-5-2-6-12-20)18-25(26)30-22-15-9-4-10-16-22/h2-19,27H,1H3. The van der Waals surface area contributed by atoms with E-state index in [9.17, 15) is 5.11 Å². The van der Waals surface area contributed by atoms with Gasteiger partial charge in [0.1, 0.15) is 0 Å². The lowest BCUT2D eigenvalue weighted by Crippen LogP contribution is -1.98. The summed E-state index contributed by atoms with van der Waals surface area (Å²) in [6, 6.07) is 35.5. The van der Waals surface area contributed by atoms with Crippen LogP contribution in [0.2, 0.25) is 0 Å². The molecule has 4 heteroatoms. The van der Waals surface area contributed by atoms with E-state index in [0.717, 1.165) is 25.1 Å². The Labute approximate surface area is 190 Å². The molecule has 4 aromatic carbocycles. The SMILES string of the molecule is CC(O)c1c(Sc2ccccc2)cc(Sc2ccccc2)cc1Sc1ccccc1. The maximum Gasteiger partial charge on any atom is 0.0783 e. The Morgan fingerprint density at radius 1 is 0.533 bits per heavy atom. The Morgan fingerprint density at radius 3 is 1.27 bits per heavy atom. The Balaban J connectivity index is 1.78. The zero-order chi connectivity index (χ0) is 20.8. The van der Waals surface area contributed by atoms with Gasteiger partial charge in [0.25, 0.3) is 0 Å². The van der Waals surface area contributed by atoms with E-state index < -0.39 is 6.10 Å². The van der Waals surface area contributed by atoms with Gasteiger partial charge in [0.2, 0.25) is 0 Å². The summed E-state index contributed by atoms with van der Waals surface area (Å²) in [5, 5.41) is 10.7. The van der Waals surface area contributed by atoms with E-state index in [4.69, 9.17) is 0 Å². The zero-order valence-electron chi connectivity index (χ0n) is 16.6. The minimum absolute atomic E-state index is 0.557. The van der Waals surface area contributed by atoms with Crippen LogP contribution >= 0.6 is 35.3 Å². The number of rotatable bonds is 7. The molecule has 1 unspecified atom stereocenters. The zero-order valence-corrected chi connectivity index (χ0v) is 19.0. The second kappa shape index (κ2) is 10.3. The molecular weight excluding hydrogens is 424 g/mol. The molecule has 150 valence electrons. The predicted octanol–water partition coefficient (Wildman–Crippen LogP) is 8.19. The molecular formula is C26H22OS3. The van der Waals surface area contributed by atoms with E-state index in [0.29, 0.717) is 0 Å². The average Bonchev–Trinajstić information content (AvgIpc) is 2.75. The van der Waals surface area contributed by atoms with Crippen LogP contribution in [0.4, 0.5) is 0 Å². The summed E-state index contributed by atoms with van der Waals surface area (Å²) in [5.41, 5.74) is 0.982. The first-order valence-electron chi connectivity index (χ1n) is 9.74. The summed E-state index contributed by atoms with van der Waals surface area (Å²) in [6.45, 7) is 1.85. The number of hydrogen-bond donors (Lipinski definition) is 1. The molecule has 0 radical (unpaired) electrons. The Kier molecular flexibility index (Phi) is 7.24. The van der Waals surface area contributed by atoms with Crippen molar-refractivity contribution in [1.29, 1.82) is 0 Å². The van der Waals surface area contributed by atoms with E-state index >= 15 is 0 Å². The van der Waals surface area contributed by atoms with Gasteiger partial charge in [-0.15, -0.1) is 0 Å². The Morgan fingerprint density at radius 2 is 0.900 bits per heavy atom. The van der Waals surface area contributed by atoms with Crippen LogP contribution in [0.15, 0.2) is 133 Å². The number of aliphatic hydroxyl groups excluding tert-OH is 1. The summed E-state index contributed by atoms with van der Waals surface area (Å²) < 4.78 is 0. The first kappa shape index (κ1) is 21.1. The molecule has 0 amide bonds. The lowest BCUT2D eigenvalue weighted by Gasteiger charge is -2.19. The van der Waals surface area contributed by atoms with Gasteiger partial charge in [0.15, 0.2) is 0 Å². The third kappa shape index (κ3) is 5.52. The first-order valence-corrected chi connectivity index (χ1v) is 12.2. The molecule has 1 atom stereocenters. The highest BCUT2D eigenvalue weighted by Gasteiger charge is 2.18. The Bertz CT molecular complexity index is 1020. The maximum atomic E-state index is 10.7. The van der Waals surface area contributed by atoms with Gasteiger partial charge >= 0.3 is 0 Å². The van der Waals surface area contributed by atoms with Gasteiger partial charge in [-0.2, -0.15) is 0 Å². The van der Waals surface area contributed by atoms with Crippen molar-refractivity contribution >= 4 is 35.3 Å². The van der Waals surface area contributed by atoms with Crippen LogP contribution in [0.3, 0.4) is 0 Å². The smallest absolute Gasteiger partial charge is 0.0783 e. The fourth-order valence-electron chi connectivity index (χ4n) is 3.07. The summed E-state index contributed by atoms with van der Waals surface area (Å²) in [7, 11) is 0.